The third-order valence-electron chi connectivity index (χ3n) is 6.00. The molecule has 0 aliphatic carbocycles. The molecule has 1 aliphatic heterocycles. The molecule has 0 N–H and O–H groups in total. The fraction of sp³-hybridized carbons (Fsp3) is 0.160. The number of hydrogen-bond acceptors (Lipinski definition) is 2. The van der Waals surface area contributed by atoms with Crippen molar-refractivity contribution >= 4 is 35.4 Å². The molecule has 0 unspecified atom stereocenters. The summed E-state index contributed by atoms with van der Waals surface area (Å²) in [6.07, 6.45) is 4.51. The minimum atomic E-state index is 0.121. The monoisotopic (exact) mass is 379 g/mol. The van der Waals surface area contributed by atoms with Gasteiger partial charge < -0.3 is 9.23 Å². The van der Waals surface area contributed by atoms with Gasteiger partial charge in [-0.15, -0.1) is 0 Å². The average molecular weight is 379 g/mol. The van der Waals surface area contributed by atoms with Crippen LogP contribution in [0.3, 0.4) is 0 Å². The van der Waals surface area contributed by atoms with Crippen molar-refractivity contribution in [1.29, 1.82) is 0 Å². The maximum atomic E-state index is 6.25. The van der Waals surface area contributed by atoms with Crippen LogP contribution >= 0.6 is 0 Å². The molecule has 29 heavy (non-hydrogen) atoms. The lowest BCUT2D eigenvalue weighted by molar-refractivity contribution is -0.654. The summed E-state index contributed by atoms with van der Waals surface area (Å²) in [5.74, 6) is 0.934. The summed E-state index contributed by atoms with van der Waals surface area (Å²) in [4.78, 5) is 2.27. The normalized spacial score (nSPS) is 13.6. The van der Waals surface area contributed by atoms with Crippen LogP contribution in [0.15, 0.2) is 76.8 Å². The van der Waals surface area contributed by atoms with E-state index in [1.165, 1.54) is 38.7 Å². The smallest absolute Gasteiger partial charge is 0.401 e. The van der Waals surface area contributed by atoms with E-state index in [-0.39, 0.29) is 6.85 Å². The first kappa shape index (κ1) is 17.8. The van der Waals surface area contributed by atoms with E-state index in [1.807, 2.05) is 12.1 Å². The summed E-state index contributed by atoms with van der Waals surface area (Å²) in [7, 11) is 4.26. The summed E-state index contributed by atoms with van der Waals surface area (Å²) in [5.41, 5.74) is 8.46. The van der Waals surface area contributed by atoms with E-state index in [1.54, 1.807) is 0 Å². The first-order chi connectivity index (χ1) is 14.0. The third kappa shape index (κ3) is 2.79. The number of furan rings is 1. The minimum Gasteiger partial charge on any atom is -0.441 e. The van der Waals surface area contributed by atoms with Gasteiger partial charge in [0.1, 0.15) is 12.6 Å². The molecule has 0 saturated carbocycles. The Morgan fingerprint density at radius 3 is 2.48 bits per heavy atom. The van der Waals surface area contributed by atoms with Gasteiger partial charge in [-0.25, -0.2) is 4.57 Å². The Bertz CT molecular complexity index is 1260. The molecular formula is C25H24BN2O+. The van der Waals surface area contributed by atoms with E-state index in [9.17, 15) is 0 Å². The van der Waals surface area contributed by atoms with Gasteiger partial charge in [-0.3, -0.25) is 0 Å². The highest BCUT2D eigenvalue weighted by Crippen LogP contribution is 2.38. The number of aromatic nitrogens is 1. The highest BCUT2D eigenvalue weighted by Gasteiger charge is 2.39. The maximum absolute atomic E-state index is 6.25. The Hall–Kier alpha value is -3.27. The second-order valence-electron chi connectivity index (χ2n) is 7.99. The lowest BCUT2D eigenvalue weighted by Crippen LogP contribution is -2.62. The van der Waals surface area contributed by atoms with Gasteiger partial charge in [0.05, 0.1) is 0 Å². The molecule has 2 aromatic heterocycles. The first-order valence-electron chi connectivity index (χ1n) is 10.0. The maximum Gasteiger partial charge on any atom is 0.401 e. The molecule has 5 rings (SSSR count). The Kier molecular flexibility index (Phi) is 4.09. The van der Waals surface area contributed by atoms with Crippen LogP contribution in [0.1, 0.15) is 18.1 Å². The second-order valence-corrected chi connectivity index (χ2v) is 7.99. The van der Waals surface area contributed by atoms with Crippen LogP contribution in [0.4, 0.5) is 5.88 Å². The minimum absolute atomic E-state index is 0.121. The summed E-state index contributed by atoms with van der Waals surface area (Å²) in [6.45, 7) is 4.51. The van der Waals surface area contributed by atoms with E-state index < -0.39 is 0 Å². The van der Waals surface area contributed by atoms with E-state index in [0.717, 1.165) is 11.5 Å². The number of hydrogen-bond donors (Lipinski definition) is 0. The van der Waals surface area contributed by atoms with Gasteiger partial charge in [0.2, 0.25) is 0 Å². The topological polar surface area (TPSA) is 20.3 Å². The zero-order chi connectivity index (χ0) is 20.1. The van der Waals surface area contributed by atoms with Gasteiger partial charge in [-0.2, -0.15) is 0 Å². The van der Waals surface area contributed by atoms with Gasteiger partial charge >= 0.3 is 6.85 Å². The summed E-state index contributed by atoms with van der Waals surface area (Å²) in [5, 5.41) is 1.17. The molecule has 0 amide bonds. The second kappa shape index (κ2) is 6.66. The van der Waals surface area contributed by atoms with E-state index >= 15 is 0 Å². The van der Waals surface area contributed by atoms with Crippen LogP contribution in [0, 0.1) is 6.92 Å². The Labute approximate surface area is 172 Å². The van der Waals surface area contributed by atoms with Crippen molar-refractivity contribution in [3.63, 3.8) is 0 Å². The van der Waals surface area contributed by atoms with Gasteiger partial charge in [-0.1, -0.05) is 60.1 Å². The average Bonchev–Trinajstić information content (AvgIpc) is 3.09. The van der Waals surface area contributed by atoms with Gasteiger partial charge in [0.25, 0.3) is 0 Å². The number of nitrogens with zero attached hydrogens (tertiary/aromatic N) is 2. The molecule has 3 heterocycles. The molecule has 3 nitrogen and oxygen atoms in total. The number of para-hydroxylation sites is 1. The fourth-order valence-electron chi connectivity index (χ4n) is 4.61. The molecule has 0 radical (unpaired) electrons. The molecule has 2 aromatic carbocycles. The number of fused-ring (bicyclic) bond motifs is 3. The predicted octanol–water partition coefficient (Wildman–Crippen LogP) is 4.52. The zero-order valence-corrected chi connectivity index (χ0v) is 17.3. The number of aryl methyl sites for hydroxylation is 2. The SMILES string of the molecule is CC1=Cc2c(oc3ccccc23)N(C)B1c1cc(-c2ccccc2)c(C)c[n+]1C. The number of allylic oxidation sites excluding steroid dienone is 1. The lowest BCUT2D eigenvalue weighted by Gasteiger charge is -2.28. The number of anilines is 1. The third-order valence-corrected chi connectivity index (χ3v) is 6.00. The molecule has 0 spiro atoms. The quantitative estimate of drug-likeness (QED) is 0.377. The first-order valence-corrected chi connectivity index (χ1v) is 10.0. The van der Waals surface area contributed by atoms with Crippen LogP contribution in [0.2, 0.25) is 0 Å². The van der Waals surface area contributed by atoms with Gasteiger partial charge in [0.15, 0.2) is 17.7 Å². The molecule has 4 aromatic rings. The summed E-state index contributed by atoms with van der Waals surface area (Å²) in [6, 6.07) is 21.2. The molecule has 0 atom stereocenters. The van der Waals surface area contributed by atoms with Crippen LogP contribution in [0.5, 0.6) is 0 Å². The van der Waals surface area contributed by atoms with E-state index in [0.29, 0.717) is 0 Å². The Morgan fingerprint density at radius 1 is 0.966 bits per heavy atom. The Morgan fingerprint density at radius 2 is 1.69 bits per heavy atom. The van der Waals surface area contributed by atoms with E-state index in [4.69, 9.17) is 4.42 Å². The van der Waals surface area contributed by atoms with Crippen molar-refractivity contribution in [3.05, 3.63) is 83.5 Å². The molecule has 0 bridgehead atoms. The number of rotatable bonds is 2. The Balaban J connectivity index is 1.67. The van der Waals surface area contributed by atoms with E-state index in [2.05, 4.69) is 98.1 Å². The molecule has 4 heteroatoms. The van der Waals surface area contributed by atoms with Crippen molar-refractivity contribution in [2.24, 2.45) is 7.05 Å². The highest BCUT2D eigenvalue weighted by molar-refractivity contribution is 6.82. The molecule has 0 fully saturated rings. The molecular weight excluding hydrogens is 355 g/mol. The van der Waals surface area contributed by atoms with Crippen molar-refractivity contribution < 1.29 is 8.98 Å². The molecule has 1 aliphatic rings. The highest BCUT2D eigenvalue weighted by atomic mass is 16.4. The summed E-state index contributed by atoms with van der Waals surface area (Å²) >= 11 is 0. The predicted molar refractivity (Wildman–Crippen MR) is 121 cm³/mol. The largest absolute Gasteiger partial charge is 0.441 e. The van der Waals surface area contributed by atoms with Crippen LogP contribution in [0.25, 0.3) is 28.2 Å². The number of benzene rings is 2. The number of pyridine rings is 1. The van der Waals surface area contributed by atoms with Gasteiger partial charge in [0, 0.05) is 22.6 Å². The standard InChI is InChI=1S/C25H24BN2O/c1-17-16-27(3)24(15-21(17)19-10-6-5-7-11-19)26-18(2)14-22-20-12-8-9-13-23(20)29-25(22)28(26)4/h5-16H,1-4H3/q+1. The molecule has 142 valence electrons. The lowest BCUT2D eigenvalue weighted by atomic mass is 9.49. The summed E-state index contributed by atoms with van der Waals surface area (Å²) < 4.78 is 8.50. The van der Waals surface area contributed by atoms with Gasteiger partial charge in [-0.05, 0) is 38.1 Å². The van der Waals surface area contributed by atoms with Crippen molar-refractivity contribution in [2.75, 3.05) is 11.9 Å². The van der Waals surface area contributed by atoms with Crippen LogP contribution in [-0.4, -0.2) is 13.9 Å². The molecule has 0 saturated heterocycles. The van der Waals surface area contributed by atoms with Crippen molar-refractivity contribution in [2.45, 2.75) is 13.8 Å². The van der Waals surface area contributed by atoms with Crippen LogP contribution in [-0.2, 0) is 7.05 Å². The fourth-order valence-corrected chi connectivity index (χ4v) is 4.61. The van der Waals surface area contributed by atoms with Crippen LogP contribution < -0.4 is 15.0 Å². The van der Waals surface area contributed by atoms with Crippen molar-refractivity contribution in [3.8, 4) is 11.1 Å². The zero-order valence-electron chi connectivity index (χ0n) is 17.3. The van der Waals surface area contributed by atoms with Crippen molar-refractivity contribution in [1.82, 2.24) is 0 Å².